The van der Waals surface area contributed by atoms with Crippen molar-refractivity contribution in [2.75, 3.05) is 38.3 Å². The number of anilines is 1. The van der Waals surface area contributed by atoms with Gasteiger partial charge < -0.3 is 24.2 Å². The molecule has 2 aromatic heterocycles. The average Bonchev–Trinajstić information content (AvgIpc) is 3.06. The number of hydrogen-bond donors (Lipinski definition) is 1. The van der Waals surface area contributed by atoms with E-state index in [1.807, 2.05) is 4.90 Å². The molecule has 0 bridgehead atoms. The van der Waals surface area contributed by atoms with Crippen LogP contribution in [0.4, 0.5) is 5.95 Å². The highest BCUT2D eigenvalue weighted by Crippen LogP contribution is 2.13. The zero-order valence-electron chi connectivity index (χ0n) is 13.5. The minimum Gasteiger partial charge on any atom is -0.467 e. The van der Waals surface area contributed by atoms with E-state index in [-0.39, 0.29) is 24.2 Å². The molecule has 0 aliphatic carbocycles. The average molecular weight is 334 g/mol. The molecule has 0 saturated carbocycles. The summed E-state index contributed by atoms with van der Waals surface area (Å²) in [6, 6.07) is 1.76. The van der Waals surface area contributed by atoms with Gasteiger partial charge >= 0.3 is 6.01 Å². The number of aryl methyl sites for hydroxylation is 1. The third-order valence-corrected chi connectivity index (χ3v) is 3.39. The summed E-state index contributed by atoms with van der Waals surface area (Å²) in [6.07, 6.45) is 0. The van der Waals surface area contributed by atoms with Gasteiger partial charge in [0.1, 0.15) is 5.76 Å². The van der Waals surface area contributed by atoms with E-state index >= 15 is 0 Å². The summed E-state index contributed by atoms with van der Waals surface area (Å²) in [5, 5.41) is 6.36. The zero-order chi connectivity index (χ0) is 16.9. The van der Waals surface area contributed by atoms with E-state index in [1.165, 1.54) is 7.11 Å². The molecule has 0 spiro atoms. The summed E-state index contributed by atoms with van der Waals surface area (Å²) in [5.41, 5.74) is 0.210. The van der Waals surface area contributed by atoms with Crippen LogP contribution >= 0.6 is 0 Å². The van der Waals surface area contributed by atoms with Crippen molar-refractivity contribution in [2.45, 2.75) is 13.5 Å². The molecule has 1 aliphatic rings. The lowest BCUT2D eigenvalue weighted by molar-refractivity contribution is 0.0940. The number of morpholine rings is 1. The Bertz CT molecular complexity index is 713. The van der Waals surface area contributed by atoms with Crippen molar-refractivity contribution in [3.05, 3.63) is 23.3 Å². The quantitative estimate of drug-likeness (QED) is 0.803. The number of nitrogens with one attached hydrogen (secondary N) is 1. The minimum absolute atomic E-state index is 0.126. The van der Waals surface area contributed by atoms with Crippen LogP contribution in [-0.2, 0) is 11.3 Å². The molecule has 24 heavy (non-hydrogen) atoms. The number of carbonyl (C=O) groups excluding carboxylic acids is 1. The third-order valence-electron chi connectivity index (χ3n) is 3.39. The molecule has 1 N–H and O–H groups in total. The lowest BCUT2D eigenvalue weighted by Crippen LogP contribution is -2.37. The molecular formula is C14H18N6O4. The first-order valence-electron chi connectivity index (χ1n) is 7.49. The van der Waals surface area contributed by atoms with Crippen LogP contribution in [0.15, 0.2) is 10.6 Å². The molecule has 10 nitrogen and oxygen atoms in total. The summed E-state index contributed by atoms with van der Waals surface area (Å²) < 4.78 is 15.3. The van der Waals surface area contributed by atoms with Crippen LogP contribution < -0.4 is 15.0 Å². The second kappa shape index (κ2) is 7.21. The second-order valence-corrected chi connectivity index (χ2v) is 5.14. The van der Waals surface area contributed by atoms with Gasteiger partial charge in [-0.05, 0) is 6.92 Å². The van der Waals surface area contributed by atoms with Crippen LogP contribution in [0.2, 0.25) is 0 Å². The minimum atomic E-state index is -0.362. The number of carbonyl (C=O) groups is 1. The lowest BCUT2D eigenvalue weighted by atomic mass is 10.3. The van der Waals surface area contributed by atoms with E-state index in [0.717, 1.165) is 0 Å². The maximum atomic E-state index is 12.0. The van der Waals surface area contributed by atoms with Crippen molar-refractivity contribution in [1.29, 1.82) is 0 Å². The fourth-order valence-electron chi connectivity index (χ4n) is 2.18. The standard InChI is InChI=1S/C14H18N6O4/c1-9-7-10(19-24-9)12(21)15-8-11-16-13(18-14(17-11)22-2)20-3-5-23-6-4-20/h7H,3-6,8H2,1-2H3,(H,15,21). The van der Waals surface area contributed by atoms with Gasteiger partial charge in [0.2, 0.25) is 5.95 Å². The molecule has 10 heteroatoms. The predicted molar refractivity (Wildman–Crippen MR) is 81.8 cm³/mol. The summed E-state index contributed by atoms with van der Waals surface area (Å²) in [4.78, 5) is 26.8. The number of methoxy groups -OCH3 is 1. The summed E-state index contributed by atoms with van der Waals surface area (Å²) >= 11 is 0. The molecule has 2 aromatic rings. The first-order chi connectivity index (χ1) is 11.7. The largest absolute Gasteiger partial charge is 0.467 e. The topological polar surface area (TPSA) is 116 Å². The zero-order valence-corrected chi connectivity index (χ0v) is 13.5. The molecule has 0 radical (unpaired) electrons. The molecule has 0 atom stereocenters. The maximum Gasteiger partial charge on any atom is 0.321 e. The monoisotopic (exact) mass is 334 g/mol. The SMILES string of the molecule is COc1nc(CNC(=O)c2cc(C)on2)nc(N2CCOCC2)n1. The fourth-order valence-corrected chi connectivity index (χ4v) is 2.18. The molecule has 128 valence electrons. The molecule has 0 unspecified atom stereocenters. The Morgan fingerprint density at radius 3 is 2.79 bits per heavy atom. The normalized spacial score (nSPS) is 14.5. The van der Waals surface area contributed by atoms with Crippen molar-refractivity contribution in [1.82, 2.24) is 25.4 Å². The van der Waals surface area contributed by atoms with Gasteiger partial charge in [0.05, 0.1) is 26.9 Å². The molecular weight excluding hydrogens is 316 g/mol. The van der Waals surface area contributed by atoms with Crippen molar-refractivity contribution < 1.29 is 18.8 Å². The van der Waals surface area contributed by atoms with Crippen LogP contribution in [-0.4, -0.2) is 59.4 Å². The molecule has 0 aromatic carbocycles. The molecule has 3 rings (SSSR count). The highest BCUT2D eigenvalue weighted by molar-refractivity contribution is 5.92. The van der Waals surface area contributed by atoms with Crippen LogP contribution in [0.25, 0.3) is 0 Å². The Balaban J connectivity index is 1.71. The lowest BCUT2D eigenvalue weighted by Gasteiger charge is -2.26. The Kier molecular flexibility index (Phi) is 4.85. The number of aromatic nitrogens is 4. The van der Waals surface area contributed by atoms with E-state index in [2.05, 4.69) is 25.4 Å². The van der Waals surface area contributed by atoms with Crippen molar-refractivity contribution >= 4 is 11.9 Å². The molecule has 1 amide bonds. The summed E-state index contributed by atoms with van der Waals surface area (Å²) in [6.45, 7) is 4.46. The molecule has 1 fully saturated rings. The Morgan fingerprint density at radius 2 is 2.12 bits per heavy atom. The van der Waals surface area contributed by atoms with Gasteiger partial charge in [-0.2, -0.15) is 15.0 Å². The second-order valence-electron chi connectivity index (χ2n) is 5.14. The van der Waals surface area contributed by atoms with Crippen LogP contribution in [0.5, 0.6) is 6.01 Å². The number of ether oxygens (including phenoxy) is 2. The van der Waals surface area contributed by atoms with Crippen molar-refractivity contribution in [3.8, 4) is 6.01 Å². The third kappa shape index (κ3) is 3.77. The first kappa shape index (κ1) is 16.1. The van der Waals surface area contributed by atoms with Gasteiger partial charge in [-0.3, -0.25) is 4.79 Å². The van der Waals surface area contributed by atoms with Crippen molar-refractivity contribution in [2.24, 2.45) is 0 Å². The van der Waals surface area contributed by atoms with E-state index in [1.54, 1.807) is 13.0 Å². The first-order valence-corrected chi connectivity index (χ1v) is 7.49. The van der Waals surface area contributed by atoms with Gasteiger partial charge in [0, 0.05) is 19.2 Å². The van der Waals surface area contributed by atoms with Crippen molar-refractivity contribution in [3.63, 3.8) is 0 Å². The number of amides is 1. The Labute approximate surface area is 138 Å². The highest BCUT2D eigenvalue weighted by Gasteiger charge is 2.17. The van der Waals surface area contributed by atoms with Gasteiger partial charge in [-0.15, -0.1) is 0 Å². The van der Waals surface area contributed by atoms with Crippen LogP contribution in [0.3, 0.4) is 0 Å². The predicted octanol–water partition coefficient (Wildman–Crippen LogP) is -0.0568. The van der Waals surface area contributed by atoms with Gasteiger partial charge in [0.25, 0.3) is 5.91 Å². The number of nitrogens with zero attached hydrogens (tertiary/aromatic N) is 5. The Morgan fingerprint density at radius 1 is 1.33 bits per heavy atom. The van der Waals surface area contributed by atoms with E-state index in [4.69, 9.17) is 14.0 Å². The highest BCUT2D eigenvalue weighted by atomic mass is 16.5. The Hall–Kier alpha value is -2.75. The summed E-state index contributed by atoms with van der Waals surface area (Å²) in [5.74, 6) is 1.11. The smallest absolute Gasteiger partial charge is 0.321 e. The van der Waals surface area contributed by atoms with E-state index < -0.39 is 0 Å². The van der Waals surface area contributed by atoms with Gasteiger partial charge in [-0.25, -0.2) is 0 Å². The van der Waals surface area contributed by atoms with Crippen LogP contribution in [0.1, 0.15) is 22.1 Å². The fraction of sp³-hybridized carbons (Fsp3) is 0.500. The van der Waals surface area contributed by atoms with Crippen LogP contribution in [0, 0.1) is 6.92 Å². The molecule has 3 heterocycles. The number of hydrogen-bond acceptors (Lipinski definition) is 9. The van der Waals surface area contributed by atoms with Gasteiger partial charge in [0.15, 0.2) is 11.5 Å². The van der Waals surface area contributed by atoms with Gasteiger partial charge in [-0.1, -0.05) is 5.16 Å². The van der Waals surface area contributed by atoms with E-state index in [0.29, 0.717) is 43.8 Å². The van der Waals surface area contributed by atoms with E-state index in [9.17, 15) is 4.79 Å². The number of rotatable bonds is 5. The summed E-state index contributed by atoms with van der Waals surface area (Å²) in [7, 11) is 1.49. The molecule has 1 aliphatic heterocycles. The maximum absolute atomic E-state index is 12.0. The molecule has 1 saturated heterocycles.